The molecule has 0 saturated carbocycles. The summed E-state index contributed by atoms with van der Waals surface area (Å²) in [6, 6.07) is 11.2. The lowest BCUT2D eigenvalue weighted by atomic mass is 10.1. The molecule has 0 fully saturated rings. The van der Waals surface area contributed by atoms with Gasteiger partial charge >= 0.3 is 0 Å². The van der Waals surface area contributed by atoms with Crippen molar-refractivity contribution in [3.05, 3.63) is 77.8 Å². The summed E-state index contributed by atoms with van der Waals surface area (Å²) in [5.41, 5.74) is 4.41. The second kappa shape index (κ2) is 10.9. The van der Waals surface area contributed by atoms with E-state index in [1.54, 1.807) is 28.0 Å². The molecular formula is C26H25BrClN3O2S2. The molecule has 0 aliphatic heterocycles. The van der Waals surface area contributed by atoms with Gasteiger partial charge in [0.05, 0.1) is 27.5 Å². The van der Waals surface area contributed by atoms with Crippen LogP contribution in [0.4, 0.5) is 5.69 Å². The van der Waals surface area contributed by atoms with Crippen LogP contribution in [0.3, 0.4) is 0 Å². The topological polar surface area (TPSA) is 64.0 Å². The number of hydrogen-bond donors (Lipinski definition) is 1. The van der Waals surface area contributed by atoms with Crippen LogP contribution in [-0.2, 0) is 11.2 Å². The highest BCUT2D eigenvalue weighted by Crippen LogP contribution is 2.32. The summed E-state index contributed by atoms with van der Waals surface area (Å²) < 4.78 is 2.47. The van der Waals surface area contributed by atoms with Crippen LogP contribution in [0.5, 0.6) is 0 Å². The van der Waals surface area contributed by atoms with Gasteiger partial charge in [0.1, 0.15) is 4.83 Å². The molecule has 9 heteroatoms. The molecule has 0 aliphatic carbocycles. The van der Waals surface area contributed by atoms with Crippen molar-refractivity contribution in [3.8, 4) is 5.69 Å². The monoisotopic (exact) mass is 589 g/mol. The van der Waals surface area contributed by atoms with Crippen LogP contribution in [0, 0.1) is 20.8 Å². The first kappa shape index (κ1) is 25.9. The summed E-state index contributed by atoms with van der Waals surface area (Å²) in [5, 5.41) is 4.44. The maximum absolute atomic E-state index is 13.8. The lowest BCUT2D eigenvalue weighted by Gasteiger charge is -2.14. The van der Waals surface area contributed by atoms with Crippen LogP contribution in [0.1, 0.15) is 34.9 Å². The van der Waals surface area contributed by atoms with Crippen LogP contribution in [-0.4, -0.2) is 21.2 Å². The molecule has 0 atom stereocenters. The number of thiophene rings is 1. The Morgan fingerprint density at radius 3 is 2.63 bits per heavy atom. The predicted octanol–water partition coefficient (Wildman–Crippen LogP) is 7.47. The minimum atomic E-state index is -0.228. The minimum absolute atomic E-state index is 0.0847. The number of benzene rings is 2. The fourth-order valence-corrected chi connectivity index (χ4v) is 6.63. The summed E-state index contributed by atoms with van der Waals surface area (Å²) in [4.78, 5) is 33.3. The van der Waals surface area contributed by atoms with Crippen molar-refractivity contribution in [2.75, 3.05) is 11.1 Å². The van der Waals surface area contributed by atoms with Gasteiger partial charge in [-0.3, -0.25) is 14.2 Å². The molecule has 35 heavy (non-hydrogen) atoms. The molecule has 1 amide bonds. The number of halogens is 2. The first-order valence-corrected chi connectivity index (χ1v) is 14.2. The summed E-state index contributed by atoms with van der Waals surface area (Å²) >= 11 is 12.4. The van der Waals surface area contributed by atoms with Gasteiger partial charge in [0.2, 0.25) is 5.91 Å². The molecule has 0 spiro atoms. The highest BCUT2D eigenvalue weighted by molar-refractivity contribution is 9.10. The van der Waals surface area contributed by atoms with E-state index in [1.807, 2.05) is 45.0 Å². The molecule has 0 radical (unpaired) electrons. The Labute approximate surface area is 226 Å². The molecule has 182 valence electrons. The van der Waals surface area contributed by atoms with E-state index >= 15 is 0 Å². The van der Waals surface area contributed by atoms with Gasteiger partial charge in [0.15, 0.2) is 5.16 Å². The molecule has 1 N–H and O–H groups in total. The van der Waals surface area contributed by atoms with Gasteiger partial charge in [-0.25, -0.2) is 4.98 Å². The first-order chi connectivity index (χ1) is 16.7. The number of rotatable bonds is 7. The fourth-order valence-electron chi connectivity index (χ4n) is 3.77. The van der Waals surface area contributed by atoms with Gasteiger partial charge in [0, 0.05) is 9.35 Å². The summed E-state index contributed by atoms with van der Waals surface area (Å²) in [5.74, 6) is -0.143. The molecule has 5 nitrogen and oxygen atoms in total. The smallest absolute Gasteiger partial charge is 0.267 e. The van der Waals surface area contributed by atoms with Crippen molar-refractivity contribution in [2.24, 2.45) is 0 Å². The highest BCUT2D eigenvalue weighted by atomic mass is 79.9. The maximum atomic E-state index is 13.8. The number of nitrogens with one attached hydrogen (secondary N) is 1. The number of nitrogens with zero attached hydrogens (tertiary/aromatic N) is 2. The SMILES string of the molecule is CCCc1sc2nc(SCC(=O)Nc3ccc(Br)cc3Cl)n(-c3ccc(C)c(C)c3)c(=O)c2c1C. The second-order valence-electron chi connectivity index (χ2n) is 8.34. The number of aryl methyl sites for hydroxylation is 4. The number of amides is 1. The molecule has 2 aromatic carbocycles. The maximum Gasteiger partial charge on any atom is 0.267 e. The van der Waals surface area contributed by atoms with Gasteiger partial charge in [0.25, 0.3) is 5.56 Å². The van der Waals surface area contributed by atoms with E-state index < -0.39 is 0 Å². The highest BCUT2D eigenvalue weighted by Gasteiger charge is 2.20. The van der Waals surface area contributed by atoms with Crippen molar-refractivity contribution in [1.82, 2.24) is 9.55 Å². The van der Waals surface area contributed by atoms with Crippen molar-refractivity contribution in [1.29, 1.82) is 0 Å². The van der Waals surface area contributed by atoms with Crippen LogP contribution >= 0.6 is 50.6 Å². The zero-order valence-corrected chi connectivity index (χ0v) is 23.8. The minimum Gasteiger partial charge on any atom is -0.324 e. The van der Waals surface area contributed by atoms with Crippen molar-refractivity contribution in [2.45, 2.75) is 45.7 Å². The van der Waals surface area contributed by atoms with Gasteiger partial charge in [-0.2, -0.15) is 0 Å². The number of hydrogen-bond acceptors (Lipinski definition) is 5. The van der Waals surface area contributed by atoms with Gasteiger partial charge < -0.3 is 5.32 Å². The van der Waals surface area contributed by atoms with Crippen molar-refractivity contribution < 1.29 is 4.79 Å². The van der Waals surface area contributed by atoms with Gasteiger partial charge in [-0.15, -0.1) is 11.3 Å². The van der Waals surface area contributed by atoms with Gasteiger partial charge in [-0.05, 0) is 74.2 Å². The Morgan fingerprint density at radius 2 is 1.94 bits per heavy atom. The van der Waals surface area contributed by atoms with E-state index in [4.69, 9.17) is 16.6 Å². The number of fused-ring (bicyclic) bond motifs is 1. The summed E-state index contributed by atoms with van der Waals surface area (Å²) in [6.07, 6.45) is 1.91. The molecule has 0 saturated heterocycles. The van der Waals surface area contributed by atoms with Crippen molar-refractivity contribution in [3.63, 3.8) is 0 Å². The number of carbonyl (C=O) groups is 1. The van der Waals surface area contributed by atoms with Gasteiger partial charge in [-0.1, -0.05) is 58.7 Å². The largest absolute Gasteiger partial charge is 0.324 e. The third-order valence-electron chi connectivity index (χ3n) is 5.80. The van der Waals surface area contributed by atoms with E-state index in [2.05, 4.69) is 28.2 Å². The normalized spacial score (nSPS) is 11.3. The van der Waals surface area contributed by atoms with E-state index in [-0.39, 0.29) is 17.2 Å². The standard InChI is InChI=1S/C26H25BrClN3O2S2/c1-5-6-21-16(4)23-24(35-21)30-26(31(25(23)33)18-9-7-14(2)15(3)11-18)34-13-22(32)29-20-10-8-17(27)12-19(20)28/h7-12H,5-6,13H2,1-4H3,(H,29,32). The number of aromatic nitrogens is 2. The van der Waals surface area contributed by atoms with E-state index in [0.29, 0.717) is 21.3 Å². The first-order valence-electron chi connectivity index (χ1n) is 11.2. The van der Waals surface area contributed by atoms with E-state index in [0.717, 1.165) is 44.5 Å². The predicted molar refractivity (Wildman–Crippen MR) is 152 cm³/mol. The Morgan fingerprint density at radius 1 is 1.17 bits per heavy atom. The molecule has 4 rings (SSSR count). The zero-order valence-electron chi connectivity index (χ0n) is 19.9. The quantitative estimate of drug-likeness (QED) is 0.179. The molecule has 0 bridgehead atoms. The second-order valence-corrected chi connectivity index (χ2v) is 11.7. The Kier molecular flexibility index (Phi) is 8.06. The molecular weight excluding hydrogens is 566 g/mol. The fraction of sp³-hybridized carbons (Fsp3) is 0.269. The number of anilines is 1. The summed E-state index contributed by atoms with van der Waals surface area (Å²) in [6.45, 7) is 8.19. The number of carbonyl (C=O) groups excluding carboxylic acids is 1. The zero-order chi connectivity index (χ0) is 25.3. The molecule has 2 heterocycles. The average molecular weight is 591 g/mol. The third-order valence-corrected chi connectivity index (χ3v) is 8.79. The average Bonchev–Trinajstić information content (AvgIpc) is 3.12. The molecule has 4 aromatic rings. The van der Waals surface area contributed by atoms with E-state index in [1.165, 1.54) is 16.6 Å². The van der Waals surface area contributed by atoms with Crippen LogP contribution in [0.2, 0.25) is 5.02 Å². The number of thioether (sulfide) groups is 1. The lowest BCUT2D eigenvalue weighted by Crippen LogP contribution is -2.23. The molecule has 0 aliphatic rings. The Balaban J connectivity index is 1.74. The lowest BCUT2D eigenvalue weighted by molar-refractivity contribution is -0.113. The van der Waals surface area contributed by atoms with Crippen molar-refractivity contribution >= 4 is 72.4 Å². The molecule has 2 aromatic heterocycles. The third kappa shape index (κ3) is 5.50. The van der Waals surface area contributed by atoms with Crippen LogP contribution in [0.15, 0.2) is 50.8 Å². The van der Waals surface area contributed by atoms with Crippen LogP contribution < -0.4 is 10.9 Å². The Bertz CT molecular complexity index is 1500. The van der Waals surface area contributed by atoms with Crippen LogP contribution in [0.25, 0.3) is 15.9 Å². The van der Waals surface area contributed by atoms with E-state index in [9.17, 15) is 9.59 Å². The Hall–Kier alpha value is -2.13. The summed E-state index contributed by atoms with van der Waals surface area (Å²) in [7, 11) is 0. The molecule has 0 unspecified atom stereocenters.